The molecule has 3 amide bonds. The first kappa shape index (κ1) is 23.2. The number of rotatable bonds is 4. The number of likely N-dealkylation sites (tertiary alicyclic amines) is 1. The van der Waals surface area contributed by atoms with Crippen LogP contribution >= 0.6 is 0 Å². The first-order valence-electron chi connectivity index (χ1n) is 12.0. The summed E-state index contributed by atoms with van der Waals surface area (Å²) >= 11 is 0. The van der Waals surface area contributed by atoms with E-state index in [1.807, 2.05) is 25.1 Å². The van der Waals surface area contributed by atoms with Gasteiger partial charge >= 0.3 is 0 Å². The molecule has 35 heavy (non-hydrogen) atoms. The molecule has 1 N–H and O–H groups in total. The summed E-state index contributed by atoms with van der Waals surface area (Å²) in [6, 6.07) is 10.3. The van der Waals surface area contributed by atoms with Gasteiger partial charge in [0, 0.05) is 25.1 Å². The molecule has 0 bridgehead atoms. The van der Waals surface area contributed by atoms with Crippen molar-refractivity contribution in [3.05, 3.63) is 69.5 Å². The molecule has 0 aromatic heterocycles. The maximum absolute atomic E-state index is 14.6. The SMILES string of the molecule is Cc1ccc(CN2CCC(c3cc(F)cc4c3CN(C3CCC(=O)NC3=O)C4=O)CC2)c(C#N)c1. The molecule has 0 radical (unpaired) electrons. The third kappa shape index (κ3) is 4.44. The molecule has 7 nitrogen and oxygen atoms in total. The van der Waals surface area contributed by atoms with E-state index in [-0.39, 0.29) is 37.1 Å². The number of nitriles is 1. The van der Waals surface area contributed by atoms with Gasteiger partial charge in [-0.1, -0.05) is 12.1 Å². The van der Waals surface area contributed by atoms with Crippen molar-refractivity contribution in [2.45, 2.75) is 57.7 Å². The molecule has 3 aliphatic rings. The Bertz CT molecular complexity index is 1260. The van der Waals surface area contributed by atoms with Gasteiger partial charge in [-0.2, -0.15) is 5.26 Å². The monoisotopic (exact) mass is 474 g/mol. The van der Waals surface area contributed by atoms with Crippen LogP contribution in [0.25, 0.3) is 0 Å². The predicted molar refractivity (Wildman–Crippen MR) is 126 cm³/mol. The van der Waals surface area contributed by atoms with E-state index in [0.717, 1.165) is 48.2 Å². The summed E-state index contributed by atoms with van der Waals surface area (Å²) in [6.07, 6.45) is 2.10. The number of imide groups is 1. The van der Waals surface area contributed by atoms with Gasteiger partial charge in [0.2, 0.25) is 11.8 Å². The molecular formula is C27H27FN4O3. The molecule has 0 aliphatic carbocycles. The molecule has 2 saturated heterocycles. The number of halogens is 1. The highest BCUT2D eigenvalue weighted by atomic mass is 19.1. The van der Waals surface area contributed by atoms with Crippen molar-refractivity contribution in [1.29, 1.82) is 5.26 Å². The molecule has 8 heteroatoms. The van der Waals surface area contributed by atoms with Crippen LogP contribution in [-0.2, 0) is 22.7 Å². The number of piperidine rings is 2. The Kier molecular flexibility index (Phi) is 6.12. The van der Waals surface area contributed by atoms with E-state index in [1.54, 1.807) is 0 Å². The lowest BCUT2D eigenvalue weighted by atomic mass is 9.85. The van der Waals surface area contributed by atoms with Crippen LogP contribution in [0.4, 0.5) is 4.39 Å². The average molecular weight is 475 g/mol. The van der Waals surface area contributed by atoms with E-state index < -0.39 is 17.8 Å². The zero-order chi connectivity index (χ0) is 24.7. The summed E-state index contributed by atoms with van der Waals surface area (Å²) in [5.41, 5.74) is 4.73. The second-order valence-electron chi connectivity index (χ2n) is 9.74. The van der Waals surface area contributed by atoms with Gasteiger partial charge in [0.1, 0.15) is 11.9 Å². The number of fused-ring (bicyclic) bond motifs is 1. The van der Waals surface area contributed by atoms with Gasteiger partial charge in [0.05, 0.1) is 11.6 Å². The zero-order valence-electron chi connectivity index (χ0n) is 19.6. The second-order valence-corrected chi connectivity index (χ2v) is 9.74. The molecular weight excluding hydrogens is 447 g/mol. The number of aryl methyl sites for hydroxylation is 1. The van der Waals surface area contributed by atoms with E-state index in [9.17, 15) is 24.0 Å². The molecule has 3 aliphatic heterocycles. The number of amides is 3. The lowest BCUT2D eigenvalue weighted by Gasteiger charge is -2.33. The first-order valence-corrected chi connectivity index (χ1v) is 12.0. The van der Waals surface area contributed by atoms with Crippen LogP contribution < -0.4 is 5.32 Å². The van der Waals surface area contributed by atoms with Crippen LogP contribution in [0.5, 0.6) is 0 Å². The van der Waals surface area contributed by atoms with Crippen LogP contribution in [-0.4, -0.2) is 46.7 Å². The average Bonchev–Trinajstić information content (AvgIpc) is 3.16. The van der Waals surface area contributed by atoms with Gasteiger partial charge < -0.3 is 4.90 Å². The van der Waals surface area contributed by atoms with E-state index in [2.05, 4.69) is 16.3 Å². The van der Waals surface area contributed by atoms with Crippen molar-refractivity contribution in [2.75, 3.05) is 13.1 Å². The third-order valence-corrected chi connectivity index (χ3v) is 7.46. The Labute approximate surface area is 203 Å². The molecule has 2 fully saturated rings. The van der Waals surface area contributed by atoms with E-state index in [0.29, 0.717) is 17.7 Å². The fourth-order valence-corrected chi connectivity index (χ4v) is 5.59. The van der Waals surface area contributed by atoms with Crippen molar-refractivity contribution in [2.24, 2.45) is 0 Å². The van der Waals surface area contributed by atoms with Crippen LogP contribution in [0.2, 0.25) is 0 Å². The molecule has 2 aromatic carbocycles. The number of hydrogen-bond acceptors (Lipinski definition) is 5. The van der Waals surface area contributed by atoms with Gasteiger partial charge in [0.15, 0.2) is 0 Å². The number of carbonyl (C=O) groups is 3. The number of nitrogens with zero attached hydrogens (tertiary/aromatic N) is 3. The van der Waals surface area contributed by atoms with Crippen molar-refractivity contribution in [3.8, 4) is 6.07 Å². The lowest BCUT2D eigenvalue weighted by Crippen LogP contribution is -2.52. The van der Waals surface area contributed by atoms with Crippen LogP contribution in [0, 0.1) is 24.1 Å². The Hall–Kier alpha value is -3.57. The molecule has 2 aromatic rings. The van der Waals surface area contributed by atoms with Crippen LogP contribution in [0.15, 0.2) is 30.3 Å². The largest absolute Gasteiger partial charge is 0.322 e. The fourth-order valence-electron chi connectivity index (χ4n) is 5.59. The first-order chi connectivity index (χ1) is 16.8. The van der Waals surface area contributed by atoms with Gasteiger partial charge in [-0.15, -0.1) is 0 Å². The Morgan fingerprint density at radius 1 is 1.11 bits per heavy atom. The topological polar surface area (TPSA) is 93.5 Å². The summed E-state index contributed by atoms with van der Waals surface area (Å²) in [5, 5.41) is 11.8. The highest BCUT2D eigenvalue weighted by Gasteiger charge is 2.41. The Morgan fingerprint density at radius 3 is 2.60 bits per heavy atom. The summed E-state index contributed by atoms with van der Waals surface area (Å²) in [7, 11) is 0. The number of benzene rings is 2. The minimum atomic E-state index is -0.714. The molecule has 0 spiro atoms. The molecule has 3 heterocycles. The highest BCUT2D eigenvalue weighted by Crippen LogP contribution is 2.38. The molecule has 0 saturated carbocycles. The van der Waals surface area contributed by atoms with Crippen LogP contribution in [0.3, 0.4) is 0 Å². The second kappa shape index (κ2) is 9.23. The fraction of sp³-hybridized carbons (Fsp3) is 0.407. The number of nitrogens with one attached hydrogen (secondary N) is 1. The molecule has 180 valence electrons. The summed E-state index contributed by atoms with van der Waals surface area (Å²) in [6.45, 7) is 4.53. The number of carbonyl (C=O) groups excluding carboxylic acids is 3. The number of hydrogen-bond donors (Lipinski definition) is 1. The van der Waals surface area contributed by atoms with Crippen molar-refractivity contribution < 1.29 is 18.8 Å². The van der Waals surface area contributed by atoms with E-state index in [1.165, 1.54) is 17.0 Å². The van der Waals surface area contributed by atoms with Gasteiger partial charge in [0.25, 0.3) is 5.91 Å². The quantitative estimate of drug-likeness (QED) is 0.688. The zero-order valence-corrected chi connectivity index (χ0v) is 19.6. The van der Waals surface area contributed by atoms with E-state index in [4.69, 9.17) is 0 Å². The maximum atomic E-state index is 14.6. The molecule has 1 unspecified atom stereocenters. The Balaban J connectivity index is 1.31. The standard InChI is InChI=1S/C27H27FN4O3/c1-16-2-3-18(19(10-16)13-29)14-31-8-6-17(7-9-31)21-11-20(28)12-22-23(21)15-32(27(22)35)24-4-5-25(33)30-26(24)34/h2-3,10-12,17,24H,4-9,14-15H2,1H3,(H,30,33,34). The normalized spacial score (nSPS) is 21.1. The van der Waals surface area contributed by atoms with Crippen molar-refractivity contribution in [1.82, 2.24) is 15.1 Å². The smallest absolute Gasteiger partial charge is 0.255 e. The van der Waals surface area contributed by atoms with E-state index >= 15 is 0 Å². The van der Waals surface area contributed by atoms with Crippen molar-refractivity contribution in [3.63, 3.8) is 0 Å². The Morgan fingerprint density at radius 2 is 1.89 bits per heavy atom. The predicted octanol–water partition coefficient (Wildman–Crippen LogP) is 3.15. The minimum absolute atomic E-state index is 0.110. The van der Waals surface area contributed by atoms with Crippen molar-refractivity contribution >= 4 is 17.7 Å². The highest BCUT2D eigenvalue weighted by molar-refractivity contribution is 6.05. The summed E-state index contributed by atoms with van der Waals surface area (Å²) in [5.74, 6) is -1.49. The third-order valence-electron chi connectivity index (χ3n) is 7.46. The van der Waals surface area contributed by atoms with Gasteiger partial charge in [-0.25, -0.2) is 4.39 Å². The van der Waals surface area contributed by atoms with Gasteiger partial charge in [-0.05, 0) is 85.6 Å². The minimum Gasteiger partial charge on any atom is -0.322 e. The summed E-state index contributed by atoms with van der Waals surface area (Å²) in [4.78, 5) is 40.8. The van der Waals surface area contributed by atoms with Gasteiger partial charge in [-0.3, -0.25) is 24.6 Å². The molecule has 1 atom stereocenters. The molecule has 5 rings (SSSR count). The summed E-state index contributed by atoms with van der Waals surface area (Å²) < 4.78 is 14.6. The maximum Gasteiger partial charge on any atom is 0.255 e. The lowest BCUT2D eigenvalue weighted by molar-refractivity contribution is -0.136. The van der Waals surface area contributed by atoms with Crippen LogP contribution in [0.1, 0.15) is 69.8 Å².